The number of carbonyl (C=O) groups is 2. The molecule has 3 N–H and O–H groups in total. The molecule has 7 heteroatoms. The molecular formula is C13H23N5O2. The van der Waals surface area contributed by atoms with Crippen LogP contribution in [0.4, 0.5) is 5.69 Å². The molecule has 1 rings (SSSR count). The van der Waals surface area contributed by atoms with Gasteiger partial charge in [0, 0.05) is 25.3 Å². The molecule has 0 aliphatic rings. The third-order valence-corrected chi connectivity index (χ3v) is 2.56. The maximum Gasteiger partial charge on any atom is 0.276 e. The van der Waals surface area contributed by atoms with Gasteiger partial charge in [0.1, 0.15) is 0 Å². The van der Waals surface area contributed by atoms with E-state index in [-0.39, 0.29) is 29.6 Å². The molecule has 20 heavy (non-hydrogen) atoms. The summed E-state index contributed by atoms with van der Waals surface area (Å²) in [6.07, 6.45) is 1.61. The molecule has 0 saturated heterocycles. The highest BCUT2D eigenvalue weighted by Gasteiger charge is 2.22. The molecule has 7 nitrogen and oxygen atoms in total. The average Bonchev–Trinajstić information content (AvgIpc) is 2.66. The lowest BCUT2D eigenvalue weighted by Gasteiger charge is -2.23. The van der Waals surface area contributed by atoms with Gasteiger partial charge < -0.3 is 16.0 Å². The fourth-order valence-electron chi connectivity index (χ4n) is 1.69. The number of amides is 2. The molecule has 0 aromatic carbocycles. The standard InChI is InChI=1S/C13H23N5O2/c1-6-18-7-9(14)11(16-18)12(20)17(5)8-10(19)15-13(2,3)4/h7H,6,8,14H2,1-5H3,(H,15,19). The summed E-state index contributed by atoms with van der Waals surface area (Å²) < 4.78 is 1.59. The predicted octanol–water partition coefficient (Wildman–Crippen LogP) is 0.472. The lowest BCUT2D eigenvalue weighted by atomic mass is 10.1. The van der Waals surface area contributed by atoms with Gasteiger partial charge in [0.15, 0.2) is 5.69 Å². The normalized spacial score (nSPS) is 11.2. The van der Waals surface area contributed by atoms with Crippen molar-refractivity contribution in [3.8, 4) is 0 Å². The lowest BCUT2D eigenvalue weighted by Crippen LogP contribution is -2.46. The summed E-state index contributed by atoms with van der Waals surface area (Å²) in [5.74, 6) is -0.583. The number of rotatable bonds is 4. The molecule has 0 aliphatic heterocycles. The Hall–Kier alpha value is -2.05. The van der Waals surface area contributed by atoms with E-state index in [1.807, 2.05) is 27.7 Å². The number of hydrogen-bond acceptors (Lipinski definition) is 4. The highest BCUT2D eigenvalue weighted by molar-refractivity contribution is 5.98. The number of hydrogen-bond donors (Lipinski definition) is 2. The Kier molecular flexibility index (Phi) is 4.75. The first-order chi connectivity index (χ1) is 9.14. The van der Waals surface area contributed by atoms with Crippen molar-refractivity contribution in [1.82, 2.24) is 20.0 Å². The van der Waals surface area contributed by atoms with Crippen LogP contribution in [0.3, 0.4) is 0 Å². The summed E-state index contributed by atoms with van der Waals surface area (Å²) in [5, 5.41) is 6.90. The first-order valence-corrected chi connectivity index (χ1v) is 6.53. The summed E-state index contributed by atoms with van der Waals surface area (Å²) >= 11 is 0. The van der Waals surface area contributed by atoms with E-state index in [1.165, 1.54) is 4.90 Å². The first-order valence-electron chi connectivity index (χ1n) is 6.53. The summed E-state index contributed by atoms with van der Waals surface area (Å²) in [5.41, 5.74) is 5.93. The molecule has 0 bridgehead atoms. The van der Waals surface area contributed by atoms with Crippen LogP contribution in [0.25, 0.3) is 0 Å². The van der Waals surface area contributed by atoms with Crippen molar-refractivity contribution in [1.29, 1.82) is 0 Å². The largest absolute Gasteiger partial charge is 0.396 e. The van der Waals surface area contributed by atoms with Crippen molar-refractivity contribution in [3.63, 3.8) is 0 Å². The number of likely N-dealkylation sites (N-methyl/N-ethyl adjacent to an activating group) is 1. The number of aromatic nitrogens is 2. The van der Waals surface area contributed by atoms with Gasteiger partial charge in [0.25, 0.3) is 5.91 Å². The predicted molar refractivity (Wildman–Crippen MR) is 77.2 cm³/mol. The highest BCUT2D eigenvalue weighted by Crippen LogP contribution is 2.11. The molecule has 1 heterocycles. The Morgan fingerprint density at radius 3 is 2.50 bits per heavy atom. The molecule has 112 valence electrons. The molecule has 0 spiro atoms. The van der Waals surface area contributed by atoms with Crippen LogP contribution in [0.15, 0.2) is 6.20 Å². The fraction of sp³-hybridized carbons (Fsp3) is 0.615. The Balaban J connectivity index is 2.72. The average molecular weight is 281 g/mol. The van der Waals surface area contributed by atoms with Gasteiger partial charge in [0.2, 0.25) is 5.91 Å². The van der Waals surface area contributed by atoms with Gasteiger partial charge >= 0.3 is 0 Å². The van der Waals surface area contributed by atoms with Crippen LogP contribution in [0.1, 0.15) is 38.2 Å². The van der Waals surface area contributed by atoms with E-state index >= 15 is 0 Å². The van der Waals surface area contributed by atoms with Crippen molar-refractivity contribution in [2.45, 2.75) is 39.8 Å². The minimum Gasteiger partial charge on any atom is -0.396 e. The zero-order chi connectivity index (χ0) is 15.5. The number of anilines is 1. The van der Waals surface area contributed by atoms with Crippen LogP contribution in [0.5, 0.6) is 0 Å². The Morgan fingerprint density at radius 2 is 2.05 bits per heavy atom. The van der Waals surface area contributed by atoms with E-state index in [2.05, 4.69) is 10.4 Å². The van der Waals surface area contributed by atoms with Crippen molar-refractivity contribution in [3.05, 3.63) is 11.9 Å². The lowest BCUT2D eigenvalue weighted by molar-refractivity contribution is -0.122. The minimum absolute atomic E-state index is 0.0332. The number of nitrogen functional groups attached to an aromatic ring is 1. The maximum absolute atomic E-state index is 12.2. The third kappa shape index (κ3) is 4.25. The zero-order valence-electron chi connectivity index (χ0n) is 12.7. The zero-order valence-corrected chi connectivity index (χ0v) is 12.7. The highest BCUT2D eigenvalue weighted by atomic mass is 16.2. The Labute approximate surface area is 119 Å². The number of nitrogens with one attached hydrogen (secondary N) is 1. The molecular weight excluding hydrogens is 258 g/mol. The quantitative estimate of drug-likeness (QED) is 0.839. The monoisotopic (exact) mass is 281 g/mol. The summed E-state index contributed by atoms with van der Waals surface area (Å²) in [4.78, 5) is 25.3. The van der Waals surface area contributed by atoms with Crippen LogP contribution >= 0.6 is 0 Å². The van der Waals surface area contributed by atoms with Gasteiger partial charge in [-0.05, 0) is 27.7 Å². The van der Waals surface area contributed by atoms with E-state index in [0.29, 0.717) is 12.2 Å². The Morgan fingerprint density at radius 1 is 1.45 bits per heavy atom. The third-order valence-electron chi connectivity index (χ3n) is 2.56. The van der Waals surface area contributed by atoms with Crippen LogP contribution in [-0.2, 0) is 11.3 Å². The summed E-state index contributed by atoms with van der Waals surface area (Å²) in [6.45, 7) is 8.15. The Bertz CT molecular complexity index is 501. The molecule has 0 atom stereocenters. The second-order valence-corrected chi connectivity index (χ2v) is 5.75. The molecule has 0 fully saturated rings. The second kappa shape index (κ2) is 5.94. The number of carbonyl (C=O) groups excluding carboxylic acids is 2. The topological polar surface area (TPSA) is 93.2 Å². The van der Waals surface area contributed by atoms with Crippen molar-refractivity contribution in [2.24, 2.45) is 0 Å². The smallest absolute Gasteiger partial charge is 0.276 e. The fourth-order valence-corrected chi connectivity index (χ4v) is 1.69. The van der Waals surface area contributed by atoms with E-state index in [1.54, 1.807) is 17.9 Å². The van der Waals surface area contributed by atoms with Crippen molar-refractivity contribution >= 4 is 17.5 Å². The first kappa shape index (κ1) is 16.0. The number of nitrogens with two attached hydrogens (primary N) is 1. The van der Waals surface area contributed by atoms with Crippen molar-refractivity contribution in [2.75, 3.05) is 19.3 Å². The van der Waals surface area contributed by atoms with Gasteiger partial charge in [0.05, 0.1) is 12.2 Å². The molecule has 0 saturated carbocycles. The van der Waals surface area contributed by atoms with Crippen LogP contribution < -0.4 is 11.1 Å². The summed E-state index contributed by atoms with van der Waals surface area (Å²) in [6, 6.07) is 0. The molecule has 1 aromatic heterocycles. The van der Waals surface area contributed by atoms with E-state index < -0.39 is 0 Å². The number of nitrogens with zero attached hydrogens (tertiary/aromatic N) is 3. The van der Waals surface area contributed by atoms with Gasteiger partial charge in [-0.2, -0.15) is 5.10 Å². The molecule has 0 aliphatic carbocycles. The van der Waals surface area contributed by atoms with E-state index in [0.717, 1.165) is 0 Å². The van der Waals surface area contributed by atoms with Gasteiger partial charge in [-0.1, -0.05) is 0 Å². The SMILES string of the molecule is CCn1cc(N)c(C(=O)N(C)CC(=O)NC(C)(C)C)n1. The number of aryl methyl sites for hydroxylation is 1. The van der Waals surface area contributed by atoms with Gasteiger partial charge in [-0.25, -0.2) is 0 Å². The minimum atomic E-state index is -0.362. The molecule has 0 radical (unpaired) electrons. The second-order valence-electron chi connectivity index (χ2n) is 5.75. The molecule has 2 amide bonds. The van der Waals surface area contributed by atoms with Crippen LogP contribution in [0.2, 0.25) is 0 Å². The van der Waals surface area contributed by atoms with Crippen LogP contribution in [-0.4, -0.2) is 45.6 Å². The van der Waals surface area contributed by atoms with Gasteiger partial charge in [-0.15, -0.1) is 0 Å². The molecule has 1 aromatic rings. The van der Waals surface area contributed by atoms with Crippen molar-refractivity contribution < 1.29 is 9.59 Å². The van der Waals surface area contributed by atoms with Crippen LogP contribution in [0, 0.1) is 0 Å². The molecule has 0 unspecified atom stereocenters. The maximum atomic E-state index is 12.2. The summed E-state index contributed by atoms with van der Waals surface area (Å²) in [7, 11) is 1.55. The van der Waals surface area contributed by atoms with Gasteiger partial charge in [-0.3, -0.25) is 14.3 Å². The van der Waals surface area contributed by atoms with E-state index in [4.69, 9.17) is 5.73 Å². The van der Waals surface area contributed by atoms with E-state index in [9.17, 15) is 9.59 Å².